The molecule has 140 valence electrons. The summed E-state index contributed by atoms with van der Waals surface area (Å²) in [4.78, 5) is 11.0. The number of nitrogens with zero attached hydrogens (tertiary/aromatic N) is 1. The summed E-state index contributed by atoms with van der Waals surface area (Å²) in [6.45, 7) is 0. The topological polar surface area (TPSA) is 73.6 Å². The van der Waals surface area contributed by atoms with Gasteiger partial charge in [-0.3, -0.25) is 10.1 Å². The summed E-state index contributed by atoms with van der Waals surface area (Å²) in [5.74, 6) is 1.31. The molecule has 7 heteroatoms. The number of methoxy groups -OCH3 is 2. The first kappa shape index (κ1) is 17.7. The van der Waals surface area contributed by atoms with Crippen LogP contribution in [0, 0.1) is 16.0 Å². The van der Waals surface area contributed by atoms with Crippen LogP contribution in [0.3, 0.4) is 0 Å². The molecule has 1 N–H and O–H groups in total. The highest BCUT2D eigenvalue weighted by atomic mass is 35.5. The van der Waals surface area contributed by atoms with Gasteiger partial charge in [-0.25, -0.2) is 0 Å². The molecule has 6 nitrogen and oxygen atoms in total. The first-order chi connectivity index (χ1) is 13.0. The molecular weight excluding hydrogens is 368 g/mol. The van der Waals surface area contributed by atoms with Gasteiger partial charge in [0.1, 0.15) is 5.75 Å². The molecule has 0 bridgehead atoms. The van der Waals surface area contributed by atoms with Crippen molar-refractivity contribution in [3.63, 3.8) is 0 Å². The molecule has 0 radical (unpaired) electrons. The van der Waals surface area contributed by atoms with Crippen LogP contribution < -0.4 is 14.8 Å². The lowest BCUT2D eigenvalue weighted by Crippen LogP contribution is -2.29. The number of ether oxygens (including phenoxy) is 2. The van der Waals surface area contributed by atoms with Crippen molar-refractivity contribution in [3.8, 4) is 11.5 Å². The minimum absolute atomic E-state index is 0.0387. The van der Waals surface area contributed by atoms with E-state index in [4.69, 9.17) is 21.1 Å². The molecule has 4 rings (SSSR count). The van der Waals surface area contributed by atoms with Crippen molar-refractivity contribution in [2.75, 3.05) is 19.5 Å². The molecule has 0 fully saturated rings. The molecule has 2 aromatic carbocycles. The second kappa shape index (κ2) is 6.78. The third-order valence-electron chi connectivity index (χ3n) is 5.41. The van der Waals surface area contributed by atoms with Crippen molar-refractivity contribution in [2.45, 2.75) is 18.4 Å². The monoisotopic (exact) mass is 386 g/mol. The Kier molecular flexibility index (Phi) is 4.44. The molecular formula is C20H19ClN2O4. The van der Waals surface area contributed by atoms with Gasteiger partial charge in [-0.15, -0.1) is 0 Å². The average molecular weight is 387 g/mol. The SMILES string of the molecule is COc1ccc([C@H]2Nc3c(OC)ccc(Cl)c3C3C=CCC32)cc1[N+](=O)[O-]. The van der Waals surface area contributed by atoms with Crippen LogP contribution in [-0.4, -0.2) is 19.1 Å². The minimum Gasteiger partial charge on any atom is -0.495 e. The molecule has 2 aromatic rings. The maximum Gasteiger partial charge on any atom is 0.311 e. The van der Waals surface area contributed by atoms with Crippen LogP contribution in [-0.2, 0) is 0 Å². The van der Waals surface area contributed by atoms with Crippen LogP contribution in [0.5, 0.6) is 11.5 Å². The minimum atomic E-state index is -0.416. The second-order valence-corrected chi connectivity index (χ2v) is 7.11. The Hall–Kier alpha value is -2.73. The van der Waals surface area contributed by atoms with E-state index in [0.29, 0.717) is 10.8 Å². The largest absolute Gasteiger partial charge is 0.495 e. The zero-order chi connectivity index (χ0) is 19.1. The number of halogens is 1. The van der Waals surface area contributed by atoms with Gasteiger partial charge in [0.05, 0.1) is 30.9 Å². The number of benzene rings is 2. The lowest BCUT2D eigenvalue weighted by molar-refractivity contribution is -0.385. The summed E-state index contributed by atoms with van der Waals surface area (Å²) in [5, 5.41) is 15.7. The molecule has 1 heterocycles. The quantitative estimate of drug-likeness (QED) is 0.450. The smallest absolute Gasteiger partial charge is 0.311 e. The van der Waals surface area contributed by atoms with Gasteiger partial charge in [0.25, 0.3) is 0 Å². The molecule has 27 heavy (non-hydrogen) atoms. The van der Waals surface area contributed by atoms with E-state index in [2.05, 4.69) is 17.5 Å². The standard InChI is InChI=1S/C20H19ClN2O4/c1-26-16-8-6-11(10-15(16)23(24)25)19-13-5-3-4-12(13)18-14(21)7-9-17(27-2)20(18)22-19/h3-4,6-10,12-13,19,22H,5H2,1-2H3/t12?,13?,19-/m1/s1. The fourth-order valence-corrected chi connectivity index (χ4v) is 4.46. The van der Waals surface area contributed by atoms with Crippen LogP contribution in [0.15, 0.2) is 42.5 Å². The number of rotatable bonds is 4. The van der Waals surface area contributed by atoms with Crippen molar-refractivity contribution >= 4 is 23.0 Å². The van der Waals surface area contributed by atoms with Crippen LogP contribution in [0.1, 0.15) is 29.5 Å². The fraction of sp³-hybridized carbons (Fsp3) is 0.300. The molecule has 1 aliphatic heterocycles. The van der Waals surface area contributed by atoms with E-state index in [1.54, 1.807) is 19.2 Å². The predicted molar refractivity (Wildman–Crippen MR) is 104 cm³/mol. The fourth-order valence-electron chi connectivity index (χ4n) is 4.18. The van der Waals surface area contributed by atoms with Gasteiger partial charge in [-0.05, 0) is 36.1 Å². The Bertz CT molecular complexity index is 944. The number of nitro benzene ring substituents is 1. The molecule has 1 aliphatic carbocycles. The molecule has 2 aliphatic rings. The number of nitrogens with one attached hydrogen (secondary N) is 1. The van der Waals surface area contributed by atoms with Gasteiger partial charge in [-0.1, -0.05) is 29.8 Å². The maximum atomic E-state index is 11.4. The molecule has 0 saturated heterocycles. The molecule has 0 amide bonds. The van der Waals surface area contributed by atoms with Gasteiger partial charge in [0.2, 0.25) is 0 Å². The van der Waals surface area contributed by atoms with E-state index in [9.17, 15) is 10.1 Å². The van der Waals surface area contributed by atoms with Gasteiger partial charge < -0.3 is 14.8 Å². The summed E-state index contributed by atoms with van der Waals surface area (Å²) in [6, 6.07) is 8.70. The first-order valence-electron chi connectivity index (χ1n) is 8.67. The predicted octanol–water partition coefficient (Wildman–Crippen LogP) is 5.09. The Morgan fingerprint density at radius 2 is 1.93 bits per heavy atom. The van der Waals surface area contributed by atoms with Crippen molar-refractivity contribution in [1.82, 2.24) is 0 Å². The van der Waals surface area contributed by atoms with E-state index in [0.717, 1.165) is 23.2 Å². The first-order valence-corrected chi connectivity index (χ1v) is 9.05. The van der Waals surface area contributed by atoms with Gasteiger partial charge in [0.15, 0.2) is 5.75 Å². The third-order valence-corrected chi connectivity index (χ3v) is 5.74. The number of hydrogen-bond acceptors (Lipinski definition) is 5. The van der Waals surface area contributed by atoms with Crippen molar-refractivity contribution in [3.05, 3.63) is 68.7 Å². The number of anilines is 1. The van der Waals surface area contributed by atoms with E-state index < -0.39 is 4.92 Å². The molecule has 0 aromatic heterocycles. The normalized spacial score (nSPS) is 22.6. The third kappa shape index (κ3) is 2.80. The van der Waals surface area contributed by atoms with E-state index in [1.807, 2.05) is 18.2 Å². The van der Waals surface area contributed by atoms with E-state index >= 15 is 0 Å². The summed E-state index contributed by atoms with van der Waals surface area (Å²) >= 11 is 6.50. The average Bonchev–Trinajstić information content (AvgIpc) is 3.16. The number of allylic oxidation sites excluding steroid dienone is 2. The summed E-state index contributed by atoms with van der Waals surface area (Å²) in [6.07, 6.45) is 5.18. The maximum absolute atomic E-state index is 11.4. The lowest BCUT2D eigenvalue weighted by Gasteiger charge is -2.38. The highest BCUT2D eigenvalue weighted by molar-refractivity contribution is 6.32. The van der Waals surface area contributed by atoms with Gasteiger partial charge >= 0.3 is 5.69 Å². The molecule has 0 saturated carbocycles. The van der Waals surface area contributed by atoms with Crippen LogP contribution in [0.4, 0.5) is 11.4 Å². The number of hydrogen-bond donors (Lipinski definition) is 1. The van der Waals surface area contributed by atoms with Crippen molar-refractivity contribution in [2.24, 2.45) is 5.92 Å². The van der Waals surface area contributed by atoms with Gasteiger partial charge in [0, 0.05) is 22.6 Å². The summed E-state index contributed by atoms with van der Waals surface area (Å²) in [7, 11) is 3.05. The Morgan fingerprint density at radius 3 is 2.63 bits per heavy atom. The zero-order valence-electron chi connectivity index (χ0n) is 14.9. The van der Waals surface area contributed by atoms with E-state index in [-0.39, 0.29) is 29.3 Å². The van der Waals surface area contributed by atoms with Gasteiger partial charge in [-0.2, -0.15) is 0 Å². The van der Waals surface area contributed by atoms with Crippen molar-refractivity contribution < 1.29 is 14.4 Å². The number of fused-ring (bicyclic) bond motifs is 3. The Labute approximate surface area is 161 Å². The summed E-state index contributed by atoms with van der Waals surface area (Å²) in [5.41, 5.74) is 2.67. The Balaban J connectivity index is 1.83. The highest BCUT2D eigenvalue weighted by Gasteiger charge is 2.40. The lowest BCUT2D eigenvalue weighted by atomic mass is 9.76. The van der Waals surface area contributed by atoms with Crippen LogP contribution >= 0.6 is 11.6 Å². The number of nitro groups is 1. The Morgan fingerprint density at radius 1 is 1.19 bits per heavy atom. The highest BCUT2D eigenvalue weighted by Crippen LogP contribution is 2.54. The zero-order valence-corrected chi connectivity index (χ0v) is 15.7. The van der Waals surface area contributed by atoms with Crippen LogP contribution in [0.25, 0.3) is 0 Å². The van der Waals surface area contributed by atoms with Crippen LogP contribution in [0.2, 0.25) is 5.02 Å². The summed E-state index contributed by atoms with van der Waals surface area (Å²) < 4.78 is 10.7. The van der Waals surface area contributed by atoms with Crippen molar-refractivity contribution in [1.29, 1.82) is 0 Å². The molecule has 2 unspecified atom stereocenters. The second-order valence-electron chi connectivity index (χ2n) is 6.70. The van der Waals surface area contributed by atoms with E-state index in [1.165, 1.54) is 7.11 Å². The molecule has 3 atom stereocenters. The molecule has 0 spiro atoms.